The number of hydrogen-bond acceptors (Lipinski definition) is 3. The molecule has 0 atom stereocenters. The molecule has 2 aliphatic heterocycles. The van der Waals surface area contributed by atoms with E-state index in [0.717, 1.165) is 51.3 Å². The summed E-state index contributed by atoms with van der Waals surface area (Å²) in [5, 5.41) is 8.88. The van der Waals surface area contributed by atoms with Gasteiger partial charge in [-0.15, -0.1) is 0 Å². The summed E-state index contributed by atoms with van der Waals surface area (Å²) in [5.74, 6) is 0.154. The fraction of sp³-hybridized carbons (Fsp3) is 0.429. The average Bonchev–Trinajstić information content (AvgIpc) is 3.07. The van der Waals surface area contributed by atoms with Crippen molar-refractivity contribution in [2.75, 3.05) is 26.2 Å². The van der Waals surface area contributed by atoms with Gasteiger partial charge in [0.15, 0.2) is 0 Å². The summed E-state index contributed by atoms with van der Waals surface area (Å²) in [5.41, 5.74) is 3.13. The SMILES string of the molecule is Cn1cccc1C(=O)N1CCC2(CC1)CN(Cc1ccc(C#N)cc1)C2. The number of aromatic nitrogens is 1. The third-order valence-electron chi connectivity index (χ3n) is 5.88. The first-order valence-electron chi connectivity index (χ1n) is 9.21. The maximum Gasteiger partial charge on any atom is 0.270 e. The highest BCUT2D eigenvalue weighted by molar-refractivity contribution is 5.92. The van der Waals surface area contributed by atoms with Crippen molar-refractivity contribution in [3.63, 3.8) is 0 Å². The summed E-state index contributed by atoms with van der Waals surface area (Å²) in [6.07, 6.45) is 4.10. The van der Waals surface area contributed by atoms with Crippen molar-refractivity contribution in [3.8, 4) is 6.07 Å². The summed E-state index contributed by atoms with van der Waals surface area (Å²) in [6.45, 7) is 4.88. The van der Waals surface area contributed by atoms with Crippen molar-refractivity contribution in [2.45, 2.75) is 19.4 Å². The van der Waals surface area contributed by atoms with Gasteiger partial charge in [-0.1, -0.05) is 12.1 Å². The van der Waals surface area contributed by atoms with Crippen molar-refractivity contribution in [1.82, 2.24) is 14.4 Å². The number of amides is 1. The largest absolute Gasteiger partial charge is 0.347 e. The molecule has 0 bridgehead atoms. The van der Waals surface area contributed by atoms with E-state index in [9.17, 15) is 4.79 Å². The van der Waals surface area contributed by atoms with Gasteiger partial charge in [-0.2, -0.15) is 5.26 Å². The van der Waals surface area contributed by atoms with E-state index < -0.39 is 0 Å². The molecule has 0 unspecified atom stereocenters. The minimum absolute atomic E-state index is 0.154. The van der Waals surface area contributed by atoms with Gasteiger partial charge in [0.05, 0.1) is 11.6 Å². The first kappa shape index (κ1) is 16.9. The Bertz CT molecular complexity index is 830. The molecule has 1 spiro atoms. The minimum atomic E-state index is 0.154. The van der Waals surface area contributed by atoms with Crippen LogP contribution < -0.4 is 0 Å². The van der Waals surface area contributed by atoms with Gasteiger partial charge in [0.2, 0.25) is 0 Å². The maximum atomic E-state index is 12.6. The predicted molar refractivity (Wildman–Crippen MR) is 99.4 cm³/mol. The van der Waals surface area contributed by atoms with E-state index in [1.165, 1.54) is 5.56 Å². The van der Waals surface area contributed by atoms with Gasteiger partial charge in [0, 0.05) is 46.0 Å². The monoisotopic (exact) mass is 348 g/mol. The molecule has 4 rings (SSSR count). The zero-order valence-corrected chi connectivity index (χ0v) is 15.2. The number of carbonyl (C=O) groups excluding carboxylic acids is 1. The van der Waals surface area contributed by atoms with Gasteiger partial charge >= 0.3 is 0 Å². The predicted octanol–water partition coefficient (Wildman–Crippen LogP) is 2.63. The Morgan fingerprint density at radius 3 is 2.42 bits per heavy atom. The van der Waals surface area contributed by atoms with Gasteiger partial charge in [-0.25, -0.2) is 0 Å². The molecule has 2 fully saturated rings. The van der Waals surface area contributed by atoms with Crippen molar-refractivity contribution in [3.05, 3.63) is 59.4 Å². The Morgan fingerprint density at radius 1 is 1.15 bits per heavy atom. The fourth-order valence-corrected chi connectivity index (χ4v) is 4.30. The second-order valence-corrected chi connectivity index (χ2v) is 7.75. The molecule has 0 radical (unpaired) electrons. The summed E-state index contributed by atoms with van der Waals surface area (Å²) in [6, 6.07) is 13.8. The quantitative estimate of drug-likeness (QED) is 0.857. The highest BCUT2D eigenvalue weighted by Crippen LogP contribution is 2.41. The number of carbonyl (C=O) groups is 1. The summed E-state index contributed by atoms with van der Waals surface area (Å²) in [7, 11) is 1.92. The molecular weight excluding hydrogens is 324 g/mol. The Kier molecular flexibility index (Phi) is 4.29. The topological polar surface area (TPSA) is 52.3 Å². The standard InChI is InChI=1S/C21H24N4O/c1-23-10-2-3-19(23)20(26)25-11-8-21(9-12-25)15-24(16-21)14-18-6-4-17(13-22)5-7-18/h2-7,10H,8-9,11-12,14-16H2,1H3. The van der Waals surface area contributed by atoms with Gasteiger partial charge in [0.1, 0.15) is 5.69 Å². The lowest BCUT2D eigenvalue weighted by atomic mass is 9.72. The van der Waals surface area contributed by atoms with Crippen molar-refractivity contribution in [2.24, 2.45) is 12.5 Å². The van der Waals surface area contributed by atoms with Crippen LogP contribution in [0.25, 0.3) is 0 Å². The Balaban J connectivity index is 1.28. The minimum Gasteiger partial charge on any atom is -0.347 e. The second kappa shape index (κ2) is 6.62. The van der Waals surface area contributed by atoms with E-state index in [1.807, 2.05) is 59.1 Å². The Hall–Kier alpha value is -2.58. The van der Waals surface area contributed by atoms with E-state index >= 15 is 0 Å². The molecule has 0 aliphatic carbocycles. The number of likely N-dealkylation sites (tertiary alicyclic amines) is 2. The molecule has 1 amide bonds. The highest BCUT2D eigenvalue weighted by atomic mass is 16.2. The Labute approximate surface area is 154 Å². The van der Waals surface area contributed by atoms with Crippen LogP contribution >= 0.6 is 0 Å². The number of rotatable bonds is 3. The molecule has 2 aliphatic rings. The van der Waals surface area contributed by atoms with E-state index in [-0.39, 0.29) is 5.91 Å². The van der Waals surface area contributed by atoms with Gasteiger partial charge in [-0.3, -0.25) is 9.69 Å². The summed E-state index contributed by atoms with van der Waals surface area (Å²) in [4.78, 5) is 17.1. The van der Waals surface area contributed by atoms with Crippen molar-refractivity contribution in [1.29, 1.82) is 5.26 Å². The molecule has 5 nitrogen and oxygen atoms in total. The van der Waals surface area contributed by atoms with E-state index in [4.69, 9.17) is 5.26 Å². The summed E-state index contributed by atoms with van der Waals surface area (Å²) < 4.78 is 1.90. The number of benzene rings is 1. The van der Waals surface area contributed by atoms with Crippen molar-refractivity contribution >= 4 is 5.91 Å². The lowest BCUT2D eigenvalue weighted by molar-refractivity contribution is -0.0466. The van der Waals surface area contributed by atoms with Crippen LogP contribution in [-0.2, 0) is 13.6 Å². The zero-order chi connectivity index (χ0) is 18.1. The van der Waals surface area contributed by atoms with Gasteiger partial charge in [0.25, 0.3) is 5.91 Å². The van der Waals surface area contributed by atoms with Crippen LogP contribution in [-0.4, -0.2) is 46.5 Å². The van der Waals surface area contributed by atoms with Crippen LogP contribution in [0.3, 0.4) is 0 Å². The number of piperidine rings is 1. The summed E-state index contributed by atoms with van der Waals surface area (Å²) >= 11 is 0. The van der Waals surface area contributed by atoms with E-state index in [1.54, 1.807) is 0 Å². The number of nitriles is 1. The maximum absolute atomic E-state index is 12.6. The van der Waals surface area contributed by atoms with E-state index in [2.05, 4.69) is 11.0 Å². The number of aryl methyl sites for hydroxylation is 1. The van der Waals surface area contributed by atoms with Crippen LogP contribution in [0, 0.1) is 16.7 Å². The lowest BCUT2D eigenvalue weighted by Gasteiger charge is -2.54. The van der Waals surface area contributed by atoms with E-state index in [0.29, 0.717) is 11.0 Å². The van der Waals surface area contributed by atoms with Crippen LogP contribution in [0.4, 0.5) is 0 Å². The molecule has 0 N–H and O–H groups in total. The van der Waals surface area contributed by atoms with Gasteiger partial charge in [-0.05, 0) is 48.1 Å². The average molecular weight is 348 g/mol. The molecule has 2 saturated heterocycles. The number of nitrogens with zero attached hydrogens (tertiary/aromatic N) is 4. The second-order valence-electron chi connectivity index (χ2n) is 7.75. The number of hydrogen-bond donors (Lipinski definition) is 0. The van der Waals surface area contributed by atoms with Crippen molar-refractivity contribution < 1.29 is 4.79 Å². The van der Waals surface area contributed by atoms with Crippen LogP contribution in [0.2, 0.25) is 0 Å². The first-order valence-corrected chi connectivity index (χ1v) is 9.21. The zero-order valence-electron chi connectivity index (χ0n) is 15.2. The normalized spacial score (nSPS) is 19.2. The smallest absolute Gasteiger partial charge is 0.270 e. The van der Waals surface area contributed by atoms with Crippen LogP contribution in [0.15, 0.2) is 42.6 Å². The van der Waals surface area contributed by atoms with Gasteiger partial charge < -0.3 is 9.47 Å². The third-order valence-corrected chi connectivity index (χ3v) is 5.88. The first-order chi connectivity index (χ1) is 12.6. The fourth-order valence-electron chi connectivity index (χ4n) is 4.30. The molecule has 3 heterocycles. The molecule has 2 aromatic rings. The van der Waals surface area contributed by atoms with Crippen LogP contribution in [0.5, 0.6) is 0 Å². The molecular formula is C21H24N4O. The van der Waals surface area contributed by atoms with Crippen LogP contribution in [0.1, 0.15) is 34.5 Å². The molecule has 26 heavy (non-hydrogen) atoms. The molecule has 134 valence electrons. The third kappa shape index (κ3) is 3.13. The molecule has 5 heteroatoms. The Morgan fingerprint density at radius 2 is 1.85 bits per heavy atom. The molecule has 0 saturated carbocycles. The highest BCUT2D eigenvalue weighted by Gasteiger charge is 2.45. The molecule has 1 aromatic carbocycles. The lowest BCUT2D eigenvalue weighted by Crippen LogP contribution is -2.60. The molecule has 1 aromatic heterocycles.